The second-order valence-corrected chi connectivity index (χ2v) is 11.0. The number of nitrogens with two attached hydrogens (primary N) is 1. The van der Waals surface area contributed by atoms with E-state index in [0.29, 0.717) is 23.5 Å². The number of anilines is 1. The van der Waals surface area contributed by atoms with Crippen LogP contribution in [0.15, 0.2) is 79.8 Å². The Labute approximate surface area is 243 Å². The summed E-state index contributed by atoms with van der Waals surface area (Å²) in [6, 6.07) is 16.9. The maximum absolute atomic E-state index is 12.0. The monoisotopic (exact) mass is 559 g/mol. The third-order valence-electron chi connectivity index (χ3n) is 8.43. The molecule has 5 heterocycles. The molecule has 0 spiro atoms. The molecule has 0 bridgehead atoms. The molecule has 7 rings (SSSR count). The first-order chi connectivity index (χ1) is 20.6. The molecule has 4 aromatic heterocycles. The minimum Gasteiger partial charge on any atom is -0.383 e. The Morgan fingerprint density at radius 3 is 2.71 bits per heavy atom. The Kier molecular flexibility index (Phi) is 6.75. The fraction of sp³-hybridized carbons (Fsp3) is 0.281. The lowest BCUT2D eigenvalue weighted by molar-refractivity contribution is -0.127. The van der Waals surface area contributed by atoms with Gasteiger partial charge in [0, 0.05) is 49.5 Å². The van der Waals surface area contributed by atoms with Crippen molar-refractivity contribution in [3.8, 4) is 22.9 Å². The summed E-state index contributed by atoms with van der Waals surface area (Å²) in [5.74, 6) is 1.86. The molecule has 1 aromatic carbocycles. The molecule has 0 radical (unpaired) electrons. The molecule has 2 aliphatic rings. The van der Waals surface area contributed by atoms with Crippen LogP contribution in [-0.4, -0.2) is 59.2 Å². The van der Waals surface area contributed by atoms with E-state index < -0.39 is 0 Å². The van der Waals surface area contributed by atoms with Crippen LogP contribution in [0.4, 0.5) is 5.82 Å². The first kappa shape index (κ1) is 26.1. The van der Waals surface area contributed by atoms with Crippen LogP contribution in [0.2, 0.25) is 0 Å². The van der Waals surface area contributed by atoms with Crippen molar-refractivity contribution in [3.05, 3.63) is 90.9 Å². The number of imidazole rings is 1. The molecule has 5 aromatic rings. The molecule has 1 amide bonds. The molecule has 10 nitrogen and oxygen atoms in total. The molecule has 42 heavy (non-hydrogen) atoms. The second-order valence-electron chi connectivity index (χ2n) is 11.0. The van der Waals surface area contributed by atoms with Gasteiger partial charge in [0.25, 0.3) is 0 Å². The molecule has 1 saturated heterocycles. The van der Waals surface area contributed by atoms with Gasteiger partial charge in [-0.15, -0.1) is 0 Å². The van der Waals surface area contributed by atoms with Gasteiger partial charge in [-0.2, -0.15) is 5.10 Å². The van der Waals surface area contributed by atoms with Gasteiger partial charge in [-0.05, 0) is 91.8 Å². The van der Waals surface area contributed by atoms with Crippen molar-refractivity contribution in [2.24, 2.45) is 0 Å². The van der Waals surface area contributed by atoms with Crippen LogP contribution >= 0.6 is 0 Å². The van der Waals surface area contributed by atoms with Gasteiger partial charge in [0.15, 0.2) is 17.3 Å². The number of nitrogens with zero attached hydrogens (tertiary/aromatic N) is 7. The number of aryl methyl sites for hydroxylation is 1. The number of aromatic nitrogens is 6. The number of hydrogen-bond donors (Lipinski definition) is 2. The SMILES string of the molecule is C=CC(=O)N1CCC(N[C@H]2CCCc3cc(-n4c(-c5cccnc5N)nc5ccc(-n6cccn6)nc54)ccc32)CC1. The standard InChI is InChI=1S/C32H33N9O/c1-2-29(42)39-18-13-22(14-19-39)36-26-8-3-6-21-20-23(9-10-24(21)26)41-31(25-7-4-15-34-30(25)33)37-27-11-12-28(38-32(27)41)40-17-5-16-35-40/h2,4-5,7,9-12,15-17,20,22,26,36H,1,3,6,8,13-14,18-19H2,(H2,33,34)/t26-/m0/s1. The number of nitrogens with one attached hydrogen (secondary N) is 1. The minimum atomic E-state index is 0.0228. The van der Waals surface area contributed by atoms with Gasteiger partial charge in [0.1, 0.15) is 11.3 Å². The van der Waals surface area contributed by atoms with E-state index in [1.165, 1.54) is 17.2 Å². The van der Waals surface area contributed by atoms with Gasteiger partial charge >= 0.3 is 0 Å². The van der Waals surface area contributed by atoms with Crippen LogP contribution in [0.3, 0.4) is 0 Å². The minimum absolute atomic E-state index is 0.0228. The van der Waals surface area contributed by atoms with Gasteiger partial charge in [-0.3, -0.25) is 9.36 Å². The molecular formula is C32H33N9O. The number of carbonyl (C=O) groups excluding carboxylic acids is 1. The number of nitrogen functional groups attached to an aromatic ring is 1. The zero-order valence-electron chi connectivity index (χ0n) is 23.4. The molecule has 1 atom stereocenters. The van der Waals surface area contributed by atoms with Crippen molar-refractivity contribution in [3.63, 3.8) is 0 Å². The number of amides is 1. The molecule has 10 heteroatoms. The van der Waals surface area contributed by atoms with Crippen LogP contribution < -0.4 is 11.1 Å². The number of rotatable bonds is 6. The maximum atomic E-state index is 12.0. The van der Waals surface area contributed by atoms with Crippen molar-refractivity contribution >= 4 is 22.9 Å². The molecule has 0 unspecified atom stereocenters. The maximum Gasteiger partial charge on any atom is 0.245 e. The highest BCUT2D eigenvalue weighted by atomic mass is 16.2. The summed E-state index contributed by atoms with van der Waals surface area (Å²) in [6.07, 6.45) is 11.8. The number of fused-ring (bicyclic) bond motifs is 2. The number of benzene rings is 1. The van der Waals surface area contributed by atoms with Crippen molar-refractivity contribution in [1.82, 2.24) is 39.5 Å². The average Bonchev–Trinajstić information content (AvgIpc) is 3.70. The largest absolute Gasteiger partial charge is 0.383 e. The number of pyridine rings is 2. The van der Waals surface area contributed by atoms with Crippen LogP contribution in [0.1, 0.15) is 42.9 Å². The molecule has 0 saturated carbocycles. The predicted molar refractivity (Wildman–Crippen MR) is 162 cm³/mol. The van der Waals surface area contributed by atoms with E-state index in [1.54, 1.807) is 17.1 Å². The highest BCUT2D eigenvalue weighted by molar-refractivity contribution is 5.87. The zero-order chi connectivity index (χ0) is 28.6. The summed E-state index contributed by atoms with van der Waals surface area (Å²) in [5, 5.41) is 8.28. The fourth-order valence-corrected chi connectivity index (χ4v) is 6.30. The third kappa shape index (κ3) is 4.73. The van der Waals surface area contributed by atoms with E-state index in [4.69, 9.17) is 15.7 Å². The van der Waals surface area contributed by atoms with Crippen LogP contribution in [-0.2, 0) is 11.2 Å². The van der Waals surface area contributed by atoms with E-state index in [2.05, 4.69) is 44.7 Å². The molecule has 1 fully saturated rings. The lowest BCUT2D eigenvalue weighted by Gasteiger charge is -2.36. The van der Waals surface area contributed by atoms with Gasteiger partial charge in [-0.1, -0.05) is 12.6 Å². The van der Waals surface area contributed by atoms with Crippen LogP contribution in [0.5, 0.6) is 0 Å². The Hall–Kier alpha value is -4.83. The fourth-order valence-electron chi connectivity index (χ4n) is 6.30. The predicted octanol–water partition coefficient (Wildman–Crippen LogP) is 4.39. The highest BCUT2D eigenvalue weighted by Gasteiger charge is 2.27. The van der Waals surface area contributed by atoms with E-state index in [-0.39, 0.29) is 11.9 Å². The Morgan fingerprint density at radius 1 is 1.05 bits per heavy atom. The Bertz CT molecular complexity index is 1770. The van der Waals surface area contributed by atoms with Gasteiger partial charge < -0.3 is 16.0 Å². The number of hydrogen-bond acceptors (Lipinski definition) is 7. The first-order valence-corrected chi connectivity index (χ1v) is 14.5. The third-order valence-corrected chi connectivity index (χ3v) is 8.43. The first-order valence-electron chi connectivity index (χ1n) is 14.5. The second kappa shape index (κ2) is 10.9. The van der Waals surface area contributed by atoms with Gasteiger partial charge in [0.05, 0.1) is 5.56 Å². The summed E-state index contributed by atoms with van der Waals surface area (Å²) in [6.45, 7) is 5.16. The van der Waals surface area contributed by atoms with Crippen LogP contribution in [0.25, 0.3) is 34.1 Å². The Balaban J connectivity index is 1.25. The summed E-state index contributed by atoms with van der Waals surface area (Å²) in [5.41, 5.74) is 12.2. The van der Waals surface area contributed by atoms with Gasteiger partial charge in [0.2, 0.25) is 5.91 Å². The average molecular weight is 560 g/mol. The van der Waals surface area contributed by atoms with Crippen molar-refractivity contribution < 1.29 is 4.79 Å². The summed E-state index contributed by atoms with van der Waals surface area (Å²) in [7, 11) is 0. The van der Waals surface area contributed by atoms with Crippen LogP contribution in [0, 0.1) is 0 Å². The summed E-state index contributed by atoms with van der Waals surface area (Å²) in [4.78, 5) is 28.2. The Morgan fingerprint density at radius 2 is 1.93 bits per heavy atom. The molecular weight excluding hydrogens is 526 g/mol. The lowest BCUT2D eigenvalue weighted by atomic mass is 9.86. The molecule has 1 aliphatic carbocycles. The van der Waals surface area contributed by atoms with Gasteiger partial charge in [-0.25, -0.2) is 19.6 Å². The quantitative estimate of drug-likeness (QED) is 0.296. The smallest absolute Gasteiger partial charge is 0.245 e. The topological polar surface area (TPSA) is 120 Å². The summed E-state index contributed by atoms with van der Waals surface area (Å²) < 4.78 is 3.83. The van der Waals surface area contributed by atoms with E-state index in [1.807, 2.05) is 41.4 Å². The molecule has 3 N–H and O–H groups in total. The van der Waals surface area contributed by atoms with E-state index in [0.717, 1.165) is 67.6 Å². The van der Waals surface area contributed by atoms with E-state index >= 15 is 0 Å². The van der Waals surface area contributed by atoms with Crippen molar-refractivity contribution in [2.45, 2.75) is 44.2 Å². The van der Waals surface area contributed by atoms with Crippen molar-refractivity contribution in [2.75, 3.05) is 18.8 Å². The number of carbonyl (C=O) groups is 1. The summed E-state index contributed by atoms with van der Waals surface area (Å²) >= 11 is 0. The number of piperidine rings is 1. The normalized spacial score (nSPS) is 17.3. The highest BCUT2D eigenvalue weighted by Crippen LogP contribution is 2.35. The number of likely N-dealkylation sites (tertiary alicyclic amines) is 1. The molecule has 212 valence electrons. The van der Waals surface area contributed by atoms with Crippen molar-refractivity contribution in [1.29, 1.82) is 0 Å². The lowest BCUT2D eigenvalue weighted by Crippen LogP contribution is -2.45. The van der Waals surface area contributed by atoms with E-state index in [9.17, 15) is 4.79 Å². The zero-order valence-corrected chi connectivity index (χ0v) is 23.4. The molecule has 1 aliphatic heterocycles.